The maximum atomic E-state index is 10.7. The van der Waals surface area contributed by atoms with E-state index in [2.05, 4.69) is 24.3 Å². The van der Waals surface area contributed by atoms with E-state index in [0.717, 1.165) is 32.3 Å². The molecule has 0 aromatic carbocycles. The lowest BCUT2D eigenvalue weighted by Gasteiger charge is -2.30. The molecule has 1 aliphatic rings. The van der Waals surface area contributed by atoms with Crippen molar-refractivity contribution in [2.24, 2.45) is 11.8 Å². The van der Waals surface area contributed by atoms with E-state index in [-0.39, 0.29) is 5.92 Å². The number of rotatable bonds is 3. The fraction of sp³-hybridized carbons (Fsp3) is 0.889. The minimum Gasteiger partial charge on any atom is -0.316 e. The van der Waals surface area contributed by atoms with Gasteiger partial charge in [-0.2, -0.15) is 0 Å². The molecule has 1 saturated heterocycles. The molecule has 0 bridgehead atoms. The first-order valence-electron chi connectivity index (χ1n) is 4.54. The summed E-state index contributed by atoms with van der Waals surface area (Å²) in [6.45, 7) is 2.99. The molecule has 0 spiro atoms. The van der Waals surface area contributed by atoms with Crippen molar-refractivity contribution in [2.75, 3.05) is 33.7 Å². The predicted octanol–water partition coefficient (Wildman–Crippen LogP) is -0.0274. The molecule has 3 nitrogen and oxygen atoms in total. The van der Waals surface area contributed by atoms with Crippen molar-refractivity contribution < 1.29 is 4.79 Å². The summed E-state index contributed by atoms with van der Waals surface area (Å²) >= 11 is 0. The van der Waals surface area contributed by atoms with Gasteiger partial charge in [0.05, 0.1) is 0 Å². The second-order valence-electron chi connectivity index (χ2n) is 3.82. The van der Waals surface area contributed by atoms with Crippen LogP contribution in [0.2, 0.25) is 0 Å². The smallest absolute Gasteiger partial charge is 0.123 e. The second kappa shape index (κ2) is 4.58. The Morgan fingerprint density at radius 3 is 2.92 bits per heavy atom. The Bertz CT molecular complexity index is 147. The van der Waals surface area contributed by atoms with Crippen LogP contribution in [0.1, 0.15) is 6.42 Å². The van der Waals surface area contributed by atoms with Gasteiger partial charge in [-0.1, -0.05) is 0 Å². The number of aldehydes is 1. The van der Waals surface area contributed by atoms with Crippen molar-refractivity contribution in [1.82, 2.24) is 10.2 Å². The molecule has 3 heteroatoms. The van der Waals surface area contributed by atoms with Crippen LogP contribution in [0.3, 0.4) is 0 Å². The average Bonchev–Trinajstić information content (AvgIpc) is 2.04. The first kappa shape index (κ1) is 9.68. The van der Waals surface area contributed by atoms with Gasteiger partial charge in [0.15, 0.2) is 0 Å². The first-order chi connectivity index (χ1) is 5.74. The van der Waals surface area contributed by atoms with Crippen LogP contribution < -0.4 is 5.32 Å². The van der Waals surface area contributed by atoms with Gasteiger partial charge in [0, 0.05) is 12.5 Å². The quantitative estimate of drug-likeness (QED) is 0.604. The molecule has 1 fully saturated rings. The maximum absolute atomic E-state index is 10.7. The summed E-state index contributed by atoms with van der Waals surface area (Å²) in [7, 11) is 4.10. The molecule has 1 heterocycles. The van der Waals surface area contributed by atoms with Gasteiger partial charge in [0.2, 0.25) is 0 Å². The van der Waals surface area contributed by atoms with E-state index < -0.39 is 0 Å². The van der Waals surface area contributed by atoms with Gasteiger partial charge in [0.25, 0.3) is 0 Å². The van der Waals surface area contributed by atoms with Gasteiger partial charge in [-0.3, -0.25) is 0 Å². The zero-order chi connectivity index (χ0) is 8.97. The lowest BCUT2D eigenvalue weighted by Crippen LogP contribution is -2.42. The number of carbonyl (C=O) groups is 1. The SMILES string of the molecule is CN(C)CC1CNCCC1C=O. The zero-order valence-electron chi connectivity index (χ0n) is 7.92. The Kier molecular flexibility index (Phi) is 3.69. The molecule has 1 rings (SSSR count). The first-order valence-corrected chi connectivity index (χ1v) is 4.54. The summed E-state index contributed by atoms with van der Waals surface area (Å²) in [6, 6.07) is 0. The molecule has 0 radical (unpaired) electrons. The van der Waals surface area contributed by atoms with Crippen molar-refractivity contribution in [3.05, 3.63) is 0 Å². The van der Waals surface area contributed by atoms with Gasteiger partial charge >= 0.3 is 0 Å². The molecule has 0 amide bonds. The molecule has 2 atom stereocenters. The Morgan fingerprint density at radius 1 is 1.58 bits per heavy atom. The van der Waals surface area contributed by atoms with Crippen LogP contribution in [0, 0.1) is 11.8 Å². The number of hydrogen-bond acceptors (Lipinski definition) is 3. The van der Waals surface area contributed by atoms with Crippen LogP contribution in [-0.4, -0.2) is 44.9 Å². The zero-order valence-corrected chi connectivity index (χ0v) is 7.92. The number of carbonyl (C=O) groups excluding carboxylic acids is 1. The summed E-state index contributed by atoms with van der Waals surface area (Å²) < 4.78 is 0. The number of piperidine rings is 1. The molecular formula is C9H18N2O. The summed E-state index contributed by atoms with van der Waals surface area (Å²) in [6.07, 6.45) is 2.12. The topological polar surface area (TPSA) is 32.3 Å². The predicted molar refractivity (Wildman–Crippen MR) is 49.1 cm³/mol. The van der Waals surface area contributed by atoms with Crippen LogP contribution in [0.4, 0.5) is 0 Å². The molecule has 0 aromatic heterocycles. The third kappa shape index (κ3) is 2.57. The molecule has 1 N–H and O–H groups in total. The third-order valence-electron chi connectivity index (χ3n) is 2.44. The van der Waals surface area contributed by atoms with Crippen LogP contribution >= 0.6 is 0 Å². The fourth-order valence-electron chi connectivity index (χ4n) is 1.79. The lowest BCUT2D eigenvalue weighted by molar-refractivity contribution is -0.113. The van der Waals surface area contributed by atoms with Gasteiger partial charge in [-0.15, -0.1) is 0 Å². The average molecular weight is 170 g/mol. The van der Waals surface area contributed by atoms with Crippen molar-refractivity contribution in [3.8, 4) is 0 Å². The van der Waals surface area contributed by atoms with E-state index in [0.29, 0.717) is 5.92 Å². The number of nitrogens with zero attached hydrogens (tertiary/aromatic N) is 1. The van der Waals surface area contributed by atoms with E-state index in [1.165, 1.54) is 0 Å². The summed E-state index contributed by atoms with van der Waals surface area (Å²) in [5, 5.41) is 3.32. The number of nitrogens with one attached hydrogen (secondary N) is 1. The highest BCUT2D eigenvalue weighted by Gasteiger charge is 2.24. The van der Waals surface area contributed by atoms with E-state index >= 15 is 0 Å². The highest BCUT2D eigenvalue weighted by Crippen LogP contribution is 2.17. The minimum absolute atomic E-state index is 0.272. The maximum Gasteiger partial charge on any atom is 0.123 e. The Hall–Kier alpha value is -0.410. The largest absolute Gasteiger partial charge is 0.316 e. The van der Waals surface area contributed by atoms with Crippen LogP contribution in [0.5, 0.6) is 0 Å². The van der Waals surface area contributed by atoms with Crippen molar-refractivity contribution >= 4 is 6.29 Å². The van der Waals surface area contributed by atoms with E-state index in [4.69, 9.17) is 0 Å². The Morgan fingerprint density at radius 2 is 2.33 bits per heavy atom. The fourth-order valence-corrected chi connectivity index (χ4v) is 1.79. The second-order valence-corrected chi connectivity index (χ2v) is 3.82. The molecule has 2 unspecified atom stereocenters. The monoisotopic (exact) mass is 170 g/mol. The Balaban J connectivity index is 2.41. The Labute approximate surface area is 74.1 Å². The highest BCUT2D eigenvalue weighted by atomic mass is 16.1. The normalized spacial score (nSPS) is 30.6. The lowest BCUT2D eigenvalue weighted by atomic mass is 9.87. The van der Waals surface area contributed by atoms with Crippen LogP contribution in [0.25, 0.3) is 0 Å². The molecule has 1 aliphatic heterocycles. The molecule has 12 heavy (non-hydrogen) atoms. The van der Waals surface area contributed by atoms with Crippen molar-refractivity contribution in [1.29, 1.82) is 0 Å². The van der Waals surface area contributed by atoms with E-state index in [1.54, 1.807) is 0 Å². The van der Waals surface area contributed by atoms with Gasteiger partial charge in [-0.05, 0) is 39.5 Å². The summed E-state index contributed by atoms with van der Waals surface area (Å²) in [4.78, 5) is 12.9. The molecule has 0 aliphatic carbocycles. The highest BCUT2D eigenvalue weighted by molar-refractivity contribution is 5.54. The van der Waals surface area contributed by atoms with Gasteiger partial charge in [-0.25, -0.2) is 0 Å². The third-order valence-corrected chi connectivity index (χ3v) is 2.44. The standard InChI is InChI=1S/C9H18N2O/c1-11(2)6-9-5-10-4-3-8(9)7-12/h7-10H,3-6H2,1-2H3. The van der Waals surface area contributed by atoms with E-state index in [1.807, 2.05) is 0 Å². The van der Waals surface area contributed by atoms with Crippen LogP contribution in [-0.2, 0) is 4.79 Å². The number of hydrogen-bond donors (Lipinski definition) is 1. The minimum atomic E-state index is 0.272. The van der Waals surface area contributed by atoms with Gasteiger partial charge in [0.1, 0.15) is 6.29 Å². The molecular weight excluding hydrogens is 152 g/mol. The van der Waals surface area contributed by atoms with Crippen molar-refractivity contribution in [3.63, 3.8) is 0 Å². The molecule has 0 aromatic rings. The van der Waals surface area contributed by atoms with E-state index in [9.17, 15) is 4.79 Å². The molecule has 70 valence electrons. The summed E-state index contributed by atoms with van der Waals surface area (Å²) in [5.41, 5.74) is 0. The summed E-state index contributed by atoms with van der Waals surface area (Å²) in [5.74, 6) is 0.778. The molecule has 0 saturated carbocycles. The van der Waals surface area contributed by atoms with Crippen LogP contribution in [0.15, 0.2) is 0 Å². The van der Waals surface area contributed by atoms with Crippen molar-refractivity contribution in [2.45, 2.75) is 6.42 Å². The van der Waals surface area contributed by atoms with Gasteiger partial charge < -0.3 is 15.0 Å².